The molecule has 0 aliphatic heterocycles. The molecule has 4 nitrogen and oxygen atoms in total. The van der Waals surface area contributed by atoms with Gasteiger partial charge in [-0.25, -0.2) is 4.85 Å². The van der Waals surface area contributed by atoms with Gasteiger partial charge in [0, 0.05) is 43.9 Å². The molecule has 0 saturated carbocycles. The first-order valence-electron chi connectivity index (χ1n) is 15.9. The molecule has 0 unspecified atom stereocenters. The summed E-state index contributed by atoms with van der Waals surface area (Å²) in [4.78, 5) is 3.74. The highest BCUT2D eigenvalue weighted by Crippen LogP contribution is 2.42. The van der Waals surface area contributed by atoms with Gasteiger partial charge in [-0.1, -0.05) is 109 Å². The Morgan fingerprint density at radius 3 is 1.71 bits per heavy atom. The fourth-order valence-electron chi connectivity index (χ4n) is 7.34. The van der Waals surface area contributed by atoms with E-state index in [0.717, 1.165) is 66.5 Å². The van der Waals surface area contributed by atoms with Crippen molar-refractivity contribution in [2.45, 2.75) is 0 Å². The summed E-state index contributed by atoms with van der Waals surface area (Å²) >= 11 is 0. The van der Waals surface area contributed by atoms with Crippen LogP contribution < -0.4 is 0 Å². The maximum Gasteiger partial charge on any atom is 0.189 e. The van der Waals surface area contributed by atoms with Crippen LogP contribution in [-0.2, 0) is 0 Å². The molecule has 222 valence electrons. The third-order valence-corrected chi connectivity index (χ3v) is 9.40. The predicted octanol–water partition coefficient (Wildman–Crippen LogP) is 11.6. The SMILES string of the molecule is [C-]#[N+]c1ccc2c3ccccc3n(-c3ccccc3-c3cccc(C#N)c3-c3ccc(-n4c5ccccc5c5ccccc54)cc3)c2c1. The lowest BCUT2D eigenvalue weighted by molar-refractivity contribution is 1.18. The molecule has 2 heterocycles. The van der Waals surface area contributed by atoms with Crippen LogP contribution in [0.3, 0.4) is 0 Å². The molecule has 9 aromatic rings. The van der Waals surface area contributed by atoms with Crippen molar-refractivity contribution >= 4 is 49.3 Å². The average Bonchev–Trinajstić information content (AvgIpc) is 3.67. The number of nitriles is 1. The van der Waals surface area contributed by atoms with Gasteiger partial charge >= 0.3 is 0 Å². The number of fused-ring (bicyclic) bond motifs is 6. The van der Waals surface area contributed by atoms with Crippen LogP contribution in [0, 0.1) is 17.9 Å². The number of para-hydroxylation sites is 4. The second kappa shape index (κ2) is 10.9. The Labute approximate surface area is 277 Å². The Kier molecular flexibility index (Phi) is 6.22. The Morgan fingerprint density at radius 1 is 0.500 bits per heavy atom. The highest BCUT2D eigenvalue weighted by atomic mass is 15.0. The molecule has 7 aromatic carbocycles. The van der Waals surface area contributed by atoms with E-state index in [1.807, 2.05) is 42.5 Å². The lowest BCUT2D eigenvalue weighted by Crippen LogP contribution is -1.99. The highest BCUT2D eigenvalue weighted by molar-refractivity contribution is 6.11. The van der Waals surface area contributed by atoms with Crippen LogP contribution in [0.1, 0.15) is 5.56 Å². The van der Waals surface area contributed by atoms with Crippen LogP contribution in [0.25, 0.3) is 82.1 Å². The molecular formula is C44H26N4. The van der Waals surface area contributed by atoms with Gasteiger partial charge in [0.2, 0.25) is 0 Å². The third kappa shape index (κ3) is 4.07. The zero-order valence-corrected chi connectivity index (χ0v) is 25.8. The minimum absolute atomic E-state index is 0.597. The van der Waals surface area contributed by atoms with Crippen LogP contribution in [0.5, 0.6) is 0 Å². The summed E-state index contributed by atoms with van der Waals surface area (Å²) < 4.78 is 4.56. The van der Waals surface area contributed by atoms with Crippen molar-refractivity contribution in [3.63, 3.8) is 0 Å². The first-order chi connectivity index (χ1) is 23.7. The molecule has 0 spiro atoms. The molecule has 9 rings (SSSR count). The summed E-state index contributed by atoms with van der Waals surface area (Å²) in [5, 5.41) is 15.1. The fraction of sp³-hybridized carbons (Fsp3) is 0. The van der Waals surface area contributed by atoms with E-state index in [1.54, 1.807) is 0 Å². The van der Waals surface area contributed by atoms with Crippen molar-refractivity contribution in [1.82, 2.24) is 9.13 Å². The molecule has 0 amide bonds. The van der Waals surface area contributed by atoms with Crippen LogP contribution >= 0.6 is 0 Å². The predicted molar refractivity (Wildman–Crippen MR) is 197 cm³/mol. The number of hydrogen-bond donors (Lipinski definition) is 0. The number of hydrogen-bond acceptors (Lipinski definition) is 1. The fourth-order valence-corrected chi connectivity index (χ4v) is 7.34. The van der Waals surface area contributed by atoms with Crippen molar-refractivity contribution in [3.8, 4) is 39.7 Å². The van der Waals surface area contributed by atoms with Gasteiger partial charge in [-0.05, 0) is 59.7 Å². The van der Waals surface area contributed by atoms with Gasteiger partial charge in [0.25, 0.3) is 0 Å². The summed E-state index contributed by atoms with van der Waals surface area (Å²) in [5.74, 6) is 0. The number of rotatable bonds is 4. The van der Waals surface area contributed by atoms with Gasteiger partial charge in [-0.2, -0.15) is 5.26 Å². The van der Waals surface area contributed by atoms with Crippen molar-refractivity contribution in [2.75, 3.05) is 0 Å². The topological polar surface area (TPSA) is 38.0 Å². The van der Waals surface area contributed by atoms with E-state index in [-0.39, 0.29) is 0 Å². The quantitative estimate of drug-likeness (QED) is 0.183. The first kappa shape index (κ1) is 27.4. The second-order valence-electron chi connectivity index (χ2n) is 11.9. The Balaban J connectivity index is 1.25. The molecule has 0 bridgehead atoms. The van der Waals surface area contributed by atoms with Gasteiger partial charge in [0.15, 0.2) is 5.69 Å². The van der Waals surface area contributed by atoms with Crippen molar-refractivity contribution in [2.24, 2.45) is 0 Å². The summed E-state index contributed by atoms with van der Waals surface area (Å²) in [6.45, 7) is 7.70. The molecule has 0 atom stereocenters. The van der Waals surface area contributed by atoms with Gasteiger partial charge < -0.3 is 9.13 Å². The minimum atomic E-state index is 0.597. The lowest BCUT2D eigenvalue weighted by atomic mass is 9.90. The van der Waals surface area contributed by atoms with Gasteiger partial charge in [0.1, 0.15) is 0 Å². The van der Waals surface area contributed by atoms with E-state index in [9.17, 15) is 5.26 Å². The first-order valence-corrected chi connectivity index (χ1v) is 15.9. The monoisotopic (exact) mass is 610 g/mol. The molecule has 48 heavy (non-hydrogen) atoms. The molecule has 0 radical (unpaired) electrons. The molecule has 0 aliphatic carbocycles. The van der Waals surface area contributed by atoms with E-state index in [4.69, 9.17) is 6.57 Å². The zero-order chi connectivity index (χ0) is 32.2. The normalized spacial score (nSPS) is 11.3. The molecule has 0 aliphatic rings. The summed E-state index contributed by atoms with van der Waals surface area (Å²) in [5.41, 5.74) is 11.5. The highest BCUT2D eigenvalue weighted by Gasteiger charge is 2.20. The second-order valence-corrected chi connectivity index (χ2v) is 11.9. The van der Waals surface area contributed by atoms with E-state index >= 15 is 0 Å². The Morgan fingerprint density at radius 2 is 1.06 bits per heavy atom. The molecule has 0 N–H and O–H groups in total. The molecular weight excluding hydrogens is 585 g/mol. The number of nitrogens with zero attached hydrogens (tertiary/aromatic N) is 4. The van der Waals surface area contributed by atoms with Crippen LogP contribution in [0.15, 0.2) is 158 Å². The van der Waals surface area contributed by atoms with E-state index in [2.05, 4.69) is 135 Å². The van der Waals surface area contributed by atoms with E-state index in [0.29, 0.717) is 11.3 Å². The standard InChI is InChI=1S/C44H26N4/c1-46-31-23-26-37-35-14-4-8-19-41(35)48(43(37)27-31)42-20-9-5-15-36(42)38-16-10-11-30(28-45)44(38)29-21-24-32(25-22-29)47-39-17-6-2-12-33(39)34-13-3-7-18-40(34)47/h2-27H. The van der Waals surface area contributed by atoms with Crippen molar-refractivity contribution in [1.29, 1.82) is 5.26 Å². The molecule has 0 saturated heterocycles. The van der Waals surface area contributed by atoms with Crippen molar-refractivity contribution < 1.29 is 0 Å². The summed E-state index contributed by atoms with van der Waals surface area (Å²) in [7, 11) is 0. The third-order valence-electron chi connectivity index (χ3n) is 9.40. The van der Waals surface area contributed by atoms with Crippen molar-refractivity contribution in [3.05, 3.63) is 175 Å². The molecule has 2 aromatic heterocycles. The van der Waals surface area contributed by atoms with Gasteiger partial charge in [-0.15, -0.1) is 0 Å². The zero-order valence-electron chi connectivity index (χ0n) is 25.8. The Hall–Kier alpha value is -6.88. The number of aromatic nitrogens is 2. The van der Waals surface area contributed by atoms with Crippen LogP contribution in [-0.4, -0.2) is 9.13 Å². The number of benzene rings is 7. The van der Waals surface area contributed by atoms with Gasteiger partial charge in [-0.3, -0.25) is 0 Å². The smallest absolute Gasteiger partial charge is 0.189 e. The minimum Gasteiger partial charge on any atom is -0.310 e. The van der Waals surface area contributed by atoms with Crippen LogP contribution in [0.2, 0.25) is 0 Å². The largest absolute Gasteiger partial charge is 0.310 e. The molecule has 0 fully saturated rings. The van der Waals surface area contributed by atoms with E-state index < -0.39 is 0 Å². The lowest BCUT2D eigenvalue weighted by Gasteiger charge is -2.18. The Bertz CT molecular complexity index is 2750. The van der Waals surface area contributed by atoms with Crippen LogP contribution in [0.4, 0.5) is 5.69 Å². The van der Waals surface area contributed by atoms with E-state index in [1.165, 1.54) is 10.8 Å². The maximum atomic E-state index is 10.4. The van der Waals surface area contributed by atoms with Gasteiger partial charge in [0.05, 0.1) is 40.4 Å². The maximum absolute atomic E-state index is 10.4. The summed E-state index contributed by atoms with van der Waals surface area (Å²) in [6.07, 6.45) is 0. The molecule has 4 heteroatoms. The average molecular weight is 611 g/mol. The summed E-state index contributed by atoms with van der Waals surface area (Å²) in [6, 6.07) is 56.6.